The van der Waals surface area contributed by atoms with Crippen LogP contribution in [0, 0.1) is 51.8 Å². The molecule has 3 saturated carbocycles. The van der Waals surface area contributed by atoms with Crippen molar-refractivity contribution in [2.24, 2.45) is 51.8 Å². The molecule has 2 bridgehead atoms. The Morgan fingerprint density at radius 1 is 1.05 bits per heavy atom. The summed E-state index contributed by atoms with van der Waals surface area (Å²) in [6, 6.07) is 7.20. The number of benzene rings is 1. The Balaban J connectivity index is 1.47. The number of aliphatic carboxylic acids is 1. The summed E-state index contributed by atoms with van der Waals surface area (Å²) < 4.78 is 5.29. The summed E-state index contributed by atoms with van der Waals surface area (Å²) in [5.41, 5.74) is 0.645. The second-order valence-electron chi connectivity index (χ2n) is 13.2. The summed E-state index contributed by atoms with van der Waals surface area (Å²) in [5, 5.41) is 10.3. The van der Waals surface area contributed by atoms with E-state index in [0.717, 1.165) is 32.1 Å². The number of nitrogens with zero attached hydrogens (tertiary/aromatic N) is 1. The number of methoxy groups -OCH3 is 1. The van der Waals surface area contributed by atoms with E-state index in [1.165, 1.54) is 10.5 Å². The van der Waals surface area contributed by atoms with Crippen molar-refractivity contribution in [3.05, 3.63) is 35.9 Å². The number of anilines is 1. The van der Waals surface area contributed by atoms with Gasteiger partial charge in [-0.1, -0.05) is 38.8 Å². The van der Waals surface area contributed by atoms with Crippen LogP contribution in [-0.2, 0) is 14.4 Å². The minimum atomic E-state index is -0.736. The minimum Gasteiger partial charge on any atom is -0.497 e. The lowest BCUT2D eigenvalue weighted by Gasteiger charge is -2.68. The van der Waals surface area contributed by atoms with Crippen LogP contribution < -0.4 is 9.64 Å². The number of hydrogen-bond acceptors (Lipinski definition) is 4. The van der Waals surface area contributed by atoms with Crippen LogP contribution in [0.25, 0.3) is 0 Å². The number of carboxylic acids is 1. The van der Waals surface area contributed by atoms with Gasteiger partial charge >= 0.3 is 5.97 Å². The topological polar surface area (TPSA) is 83.9 Å². The number of carboxylic acid groups (broad SMARTS) is 1. The third kappa shape index (κ3) is 3.01. The van der Waals surface area contributed by atoms with Crippen LogP contribution in [0.15, 0.2) is 35.9 Å². The molecule has 8 atom stereocenters. The zero-order valence-electron chi connectivity index (χ0n) is 22.6. The van der Waals surface area contributed by atoms with Crippen molar-refractivity contribution in [2.45, 2.75) is 66.2 Å². The molecule has 7 rings (SSSR count). The standard InChI is InChI=1S/C31H39NO5/c1-17(2)21-16-31-14-11-22-29(3,12-6-13-30(22,4)28(35)36)23(31)15-20(21)24-25(31)27(34)32(26(24)33)18-7-9-19(37-5)10-8-18/h7-10,16-17,20,22-25H,6,11-15H2,1-5H3,(H,35,36)/t20-,22+,23+,24-,25+,29+,30-,31+/m1/s1. The van der Waals surface area contributed by atoms with Crippen LogP contribution in [0.4, 0.5) is 5.69 Å². The molecule has 6 aliphatic rings. The molecule has 6 heteroatoms. The largest absolute Gasteiger partial charge is 0.497 e. The number of carbonyl (C=O) groups excluding carboxylic acids is 2. The van der Waals surface area contributed by atoms with Gasteiger partial charge in [0.2, 0.25) is 11.8 Å². The molecule has 5 aliphatic carbocycles. The molecule has 1 saturated heterocycles. The van der Waals surface area contributed by atoms with Crippen molar-refractivity contribution in [2.75, 3.05) is 12.0 Å². The number of rotatable bonds is 4. The monoisotopic (exact) mass is 505 g/mol. The summed E-state index contributed by atoms with van der Waals surface area (Å²) >= 11 is 0. The first-order valence-corrected chi connectivity index (χ1v) is 14.0. The molecule has 37 heavy (non-hydrogen) atoms. The van der Waals surface area contributed by atoms with E-state index >= 15 is 0 Å². The molecule has 1 aliphatic heterocycles. The molecule has 0 radical (unpaired) electrons. The van der Waals surface area contributed by atoms with Gasteiger partial charge in [0.25, 0.3) is 0 Å². The zero-order chi connectivity index (χ0) is 26.5. The SMILES string of the molecule is COc1ccc(N2C(=O)[C@@H]3[C@@H]4C[C@H]5[C@@]6(C)CCC[C@@](C)(C(=O)O)[C@H]6CC[C@@]5(C=C4C(C)C)[C@@H]3C2=O)cc1. The number of allylic oxidation sites excluding steroid dienone is 2. The molecule has 198 valence electrons. The van der Waals surface area contributed by atoms with Crippen LogP contribution in [0.5, 0.6) is 5.75 Å². The van der Waals surface area contributed by atoms with Gasteiger partial charge < -0.3 is 9.84 Å². The van der Waals surface area contributed by atoms with Crippen LogP contribution in [-0.4, -0.2) is 30.0 Å². The highest BCUT2D eigenvalue weighted by molar-refractivity contribution is 6.23. The Bertz CT molecular complexity index is 1200. The van der Waals surface area contributed by atoms with Crippen molar-refractivity contribution in [3.63, 3.8) is 0 Å². The average molecular weight is 506 g/mol. The second-order valence-corrected chi connectivity index (χ2v) is 13.2. The van der Waals surface area contributed by atoms with Crippen LogP contribution in [0.2, 0.25) is 0 Å². The molecule has 2 amide bonds. The number of carbonyl (C=O) groups is 3. The van der Waals surface area contributed by atoms with E-state index in [0.29, 0.717) is 23.8 Å². The molecule has 0 aromatic heterocycles. The summed E-state index contributed by atoms with van der Waals surface area (Å²) in [5.74, 6) is -0.213. The van der Waals surface area contributed by atoms with Gasteiger partial charge in [-0.15, -0.1) is 0 Å². The number of imide groups is 1. The Morgan fingerprint density at radius 3 is 2.38 bits per heavy atom. The molecule has 4 fully saturated rings. The first-order valence-electron chi connectivity index (χ1n) is 14.0. The predicted octanol–water partition coefficient (Wildman–Crippen LogP) is 5.71. The Labute approximate surface area is 219 Å². The van der Waals surface area contributed by atoms with Gasteiger partial charge in [0.05, 0.1) is 30.0 Å². The third-order valence-corrected chi connectivity index (χ3v) is 11.5. The fourth-order valence-corrected chi connectivity index (χ4v) is 9.94. The first-order chi connectivity index (χ1) is 17.5. The van der Waals surface area contributed by atoms with E-state index in [2.05, 4.69) is 26.8 Å². The molecule has 1 spiro atoms. The quantitative estimate of drug-likeness (QED) is 0.419. The van der Waals surface area contributed by atoms with Crippen LogP contribution >= 0.6 is 0 Å². The second kappa shape index (κ2) is 7.94. The Morgan fingerprint density at radius 2 is 1.76 bits per heavy atom. The lowest BCUT2D eigenvalue weighted by molar-refractivity contribution is -0.194. The highest BCUT2D eigenvalue weighted by atomic mass is 16.5. The maximum Gasteiger partial charge on any atom is 0.309 e. The number of amides is 2. The first kappa shape index (κ1) is 24.7. The summed E-state index contributed by atoms with van der Waals surface area (Å²) in [6.45, 7) is 8.66. The maximum atomic E-state index is 14.3. The van der Waals surface area contributed by atoms with E-state index in [4.69, 9.17) is 4.74 Å². The maximum absolute atomic E-state index is 14.3. The summed E-state index contributed by atoms with van der Waals surface area (Å²) in [4.78, 5) is 42.3. The van der Waals surface area contributed by atoms with Crippen molar-refractivity contribution < 1.29 is 24.2 Å². The molecule has 0 unspecified atom stereocenters. The number of ether oxygens (including phenoxy) is 1. The predicted molar refractivity (Wildman–Crippen MR) is 140 cm³/mol. The fraction of sp³-hybridized carbons (Fsp3) is 0.645. The molecule has 1 aromatic carbocycles. The van der Waals surface area contributed by atoms with E-state index < -0.39 is 16.8 Å². The minimum absolute atomic E-state index is 0.0326. The van der Waals surface area contributed by atoms with Gasteiger partial charge in [0, 0.05) is 5.41 Å². The van der Waals surface area contributed by atoms with Crippen molar-refractivity contribution in [1.29, 1.82) is 0 Å². The molecular formula is C31H39NO5. The number of hydrogen-bond donors (Lipinski definition) is 1. The van der Waals surface area contributed by atoms with E-state index in [9.17, 15) is 19.5 Å². The van der Waals surface area contributed by atoms with E-state index in [1.54, 1.807) is 31.4 Å². The van der Waals surface area contributed by atoms with Crippen molar-refractivity contribution >= 4 is 23.5 Å². The molecule has 1 N–H and O–H groups in total. The zero-order valence-corrected chi connectivity index (χ0v) is 22.6. The van der Waals surface area contributed by atoms with E-state index in [-0.39, 0.29) is 46.8 Å². The molecule has 6 nitrogen and oxygen atoms in total. The highest BCUT2D eigenvalue weighted by Gasteiger charge is 2.73. The van der Waals surface area contributed by atoms with Crippen LogP contribution in [0.1, 0.15) is 66.2 Å². The van der Waals surface area contributed by atoms with Gasteiger partial charge in [-0.3, -0.25) is 19.3 Å². The van der Waals surface area contributed by atoms with Crippen LogP contribution in [0.3, 0.4) is 0 Å². The fourth-order valence-electron chi connectivity index (χ4n) is 9.94. The summed E-state index contributed by atoms with van der Waals surface area (Å²) in [6.07, 6.45) is 7.47. The average Bonchev–Trinajstić information content (AvgIpc) is 3.15. The van der Waals surface area contributed by atoms with Gasteiger partial charge in [0.1, 0.15) is 5.75 Å². The third-order valence-electron chi connectivity index (χ3n) is 11.5. The van der Waals surface area contributed by atoms with Crippen molar-refractivity contribution in [3.8, 4) is 5.75 Å². The lowest BCUT2D eigenvalue weighted by atomic mass is 9.34. The normalized spacial score (nSPS) is 42.3. The van der Waals surface area contributed by atoms with Gasteiger partial charge in [-0.05, 0) is 92.4 Å². The molecular weight excluding hydrogens is 466 g/mol. The number of fused-ring (bicyclic) bond motifs is 1. The van der Waals surface area contributed by atoms with Gasteiger partial charge in [0.15, 0.2) is 0 Å². The smallest absolute Gasteiger partial charge is 0.309 e. The highest BCUT2D eigenvalue weighted by Crippen LogP contribution is 2.74. The molecule has 1 heterocycles. The Kier molecular flexibility index (Phi) is 5.30. The molecule has 1 aromatic rings. The van der Waals surface area contributed by atoms with Crippen molar-refractivity contribution in [1.82, 2.24) is 0 Å². The summed E-state index contributed by atoms with van der Waals surface area (Å²) in [7, 11) is 1.60. The lowest BCUT2D eigenvalue weighted by Crippen LogP contribution is -2.65. The van der Waals surface area contributed by atoms with Gasteiger partial charge in [-0.25, -0.2) is 0 Å². The van der Waals surface area contributed by atoms with Gasteiger partial charge in [-0.2, -0.15) is 0 Å². The van der Waals surface area contributed by atoms with E-state index in [1.807, 2.05) is 6.92 Å². The Hall–Kier alpha value is -2.63.